The van der Waals surface area contributed by atoms with Crippen molar-refractivity contribution in [2.24, 2.45) is 10.9 Å². The molecule has 1 aliphatic rings. The molecule has 1 aromatic carbocycles. The third-order valence-electron chi connectivity index (χ3n) is 5.37. The van der Waals surface area contributed by atoms with Crippen molar-refractivity contribution in [3.63, 3.8) is 0 Å². The van der Waals surface area contributed by atoms with Crippen LogP contribution in [0.3, 0.4) is 0 Å². The van der Waals surface area contributed by atoms with Crippen LogP contribution in [0.25, 0.3) is 0 Å². The zero-order valence-corrected chi connectivity index (χ0v) is 20.3. The standard InChI is InChI=1S/C22H33N5O.HI/c1-17-18(2)28-21(25-17)16-27-12-10-20(11-13-27)15-24-22(26(3)4)23-14-19-8-6-5-7-9-19;/h5-9,20H,10-16H2,1-4H3,(H,23,24);1H. The first kappa shape index (κ1) is 23.7. The quantitative estimate of drug-likeness (QED) is 0.363. The van der Waals surface area contributed by atoms with Gasteiger partial charge in [-0.05, 0) is 51.3 Å². The van der Waals surface area contributed by atoms with Crippen LogP contribution >= 0.6 is 24.0 Å². The lowest BCUT2D eigenvalue weighted by Gasteiger charge is -2.31. The summed E-state index contributed by atoms with van der Waals surface area (Å²) in [7, 11) is 4.08. The Morgan fingerprint density at radius 1 is 1.21 bits per heavy atom. The number of hydrogen-bond donors (Lipinski definition) is 1. The van der Waals surface area contributed by atoms with E-state index >= 15 is 0 Å². The summed E-state index contributed by atoms with van der Waals surface area (Å²) in [6.45, 7) is 8.64. The first-order valence-electron chi connectivity index (χ1n) is 10.2. The van der Waals surface area contributed by atoms with Gasteiger partial charge in [0.1, 0.15) is 5.76 Å². The molecule has 3 rings (SSSR count). The maximum absolute atomic E-state index is 5.73. The highest BCUT2D eigenvalue weighted by Gasteiger charge is 2.21. The second kappa shape index (κ2) is 11.5. The Morgan fingerprint density at radius 3 is 2.48 bits per heavy atom. The van der Waals surface area contributed by atoms with Crippen LogP contribution in [0.1, 0.15) is 35.7 Å². The van der Waals surface area contributed by atoms with E-state index in [0.717, 1.165) is 49.5 Å². The Kier molecular flexibility index (Phi) is 9.42. The lowest BCUT2D eigenvalue weighted by atomic mass is 9.97. The van der Waals surface area contributed by atoms with Crippen LogP contribution in [0.4, 0.5) is 0 Å². The van der Waals surface area contributed by atoms with Crippen molar-refractivity contribution in [1.29, 1.82) is 0 Å². The van der Waals surface area contributed by atoms with Crippen molar-refractivity contribution < 1.29 is 4.42 Å². The van der Waals surface area contributed by atoms with E-state index in [2.05, 4.69) is 44.4 Å². The van der Waals surface area contributed by atoms with E-state index < -0.39 is 0 Å². The Morgan fingerprint density at radius 2 is 1.90 bits per heavy atom. The molecular weight excluding hydrogens is 477 g/mol. The lowest BCUT2D eigenvalue weighted by Crippen LogP contribution is -2.42. The predicted octanol–water partition coefficient (Wildman–Crippen LogP) is 3.83. The van der Waals surface area contributed by atoms with Gasteiger partial charge in [-0.15, -0.1) is 24.0 Å². The number of nitrogens with zero attached hydrogens (tertiary/aromatic N) is 4. The van der Waals surface area contributed by atoms with Gasteiger partial charge in [-0.3, -0.25) is 4.90 Å². The average Bonchev–Trinajstić information content (AvgIpc) is 3.00. The number of aryl methyl sites for hydroxylation is 2. The molecule has 1 N–H and O–H groups in total. The zero-order chi connectivity index (χ0) is 19.9. The molecule has 0 bridgehead atoms. The molecule has 7 heteroatoms. The van der Waals surface area contributed by atoms with Gasteiger partial charge < -0.3 is 14.6 Å². The van der Waals surface area contributed by atoms with Crippen LogP contribution < -0.4 is 5.32 Å². The van der Waals surface area contributed by atoms with Gasteiger partial charge in [0, 0.05) is 20.6 Å². The van der Waals surface area contributed by atoms with E-state index in [0.29, 0.717) is 12.5 Å². The molecule has 1 aliphatic heterocycles. The number of oxazole rings is 1. The van der Waals surface area contributed by atoms with Crippen molar-refractivity contribution in [2.45, 2.75) is 39.8 Å². The zero-order valence-electron chi connectivity index (χ0n) is 18.0. The van der Waals surface area contributed by atoms with E-state index in [9.17, 15) is 0 Å². The molecule has 1 aromatic heterocycles. The van der Waals surface area contributed by atoms with Gasteiger partial charge in [-0.2, -0.15) is 0 Å². The monoisotopic (exact) mass is 511 g/mol. The van der Waals surface area contributed by atoms with Crippen molar-refractivity contribution in [1.82, 2.24) is 20.1 Å². The molecule has 0 aliphatic carbocycles. The van der Waals surface area contributed by atoms with Crippen LogP contribution in [-0.4, -0.2) is 54.5 Å². The molecule has 0 atom stereocenters. The van der Waals surface area contributed by atoms with E-state index in [1.165, 1.54) is 18.4 Å². The first-order valence-corrected chi connectivity index (χ1v) is 10.2. The summed E-state index contributed by atoms with van der Waals surface area (Å²) in [5.74, 6) is 3.40. The summed E-state index contributed by atoms with van der Waals surface area (Å²) in [5.41, 5.74) is 2.23. The predicted molar refractivity (Wildman–Crippen MR) is 129 cm³/mol. The van der Waals surface area contributed by atoms with Crippen molar-refractivity contribution >= 4 is 29.9 Å². The summed E-state index contributed by atoms with van der Waals surface area (Å²) in [6, 6.07) is 10.4. The van der Waals surface area contributed by atoms with Gasteiger partial charge in [0.2, 0.25) is 5.89 Å². The van der Waals surface area contributed by atoms with Crippen LogP contribution in [0.5, 0.6) is 0 Å². The van der Waals surface area contributed by atoms with Crippen LogP contribution in [0, 0.1) is 19.8 Å². The molecule has 29 heavy (non-hydrogen) atoms. The smallest absolute Gasteiger partial charge is 0.208 e. The second-order valence-corrected chi connectivity index (χ2v) is 7.87. The normalized spacial score (nSPS) is 15.8. The third-order valence-corrected chi connectivity index (χ3v) is 5.37. The fourth-order valence-electron chi connectivity index (χ4n) is 3.49. The Hall–Kier alpha value is -1.61. The molecule has 6 nitrogen and oxygen atoms in total. The van der Waals surface area contributed by atoms with Crippen LogP contribution in [-0.2, 0) is 13.1 Å². The lowest BCUT2D eigenvalue weighted by molar-refractivity contribution is 0.164. The minimum absolute atomic E-state index is 0. The highest BCUT2D eigenvalue weighted by Crippen LogP contribution is 2.19. The number of benzene rings is 1. The molecule has 2 aromatic rings. The number of aromatic nitrogens is 1. The van der Waals surface area contributed by atoms with Crippen molar-refractivity contribution in [3.8, 4) is 0 Å². The summed E-state index contributed by atoms with van der Waals surface area (Å²) in [4.78, 5) is 13.8. The second-order valence-electron chi connectivity index (χ2n) is 7.87. The summed E-state index contributed by atoms with van der Waals surface area (Å²) < 4.78 is 5.73. The fraction of sp³-hybridized carbons (Fsp3) is 0.545. The molecule has 0 unspecified atom stereocenters. The molecule has 0 saturated carbocycles. The average molecular weight is 511 g/mol. The highest BCUT2D eigenvalue weighted by atomic mass is 127. The largest absolute Gasteiger partial charge is 0.444 e. The number of aliphatic imine (C=N–C) groups is 1. The van der Waals surface area contributed by atoms with Gasteiger partial charge in [0.15, 0.2) is 5.96 Å². The summed E-state index contributed by atoms with van der Waals surface area (Å²) in [5, 5.41) is 3.56. The van der Waals surface area contributed by atoms with E-state index in [-0.39, 0.29) is 24.0 Å². The molecule has 2 heterocycles. The van der Waals surface area contributed by atoms with Crippen LogP contribution in [0.2, 0.25) is 0 Å². The van der Waals surface area contributed by atoms with E-state index in [1.807, 2.05) is 34.0 Å². The summed E-state index contributed by atoms with van der Waals surface area (Å²) in [6.07, 6.45) is 2.37. The number of nitrogens with one attached hydrogen (secondary N) is 1. The van der Waals surface area contributed by atoms with Gasteiger partial charge >= 0.3 is 0 Å². The maximum atomic E-state index is 5.73. The topological polar surface area (TPSA) is 56.9 Å². The highest BCUT2D eigenvalue weighted by molar-refractivity contribution is 14.0. The Bertz CT molecular complexity index is 747. The van der Waals surface area contributed by atoms with Gasteiger partial charge in [0.05, 0.1) is 18.8 Å². The number of piperidine rings is 1. The molecule has 0 radical (unpaired) electrons. The number of hydrogen-bond acceptors (Lipinski definition) is 4. The number of likely N-dealkylation sites (tertiary alicyclic amines) is 1. The molecule has 0 amide bonds. The Balaban J connectivity index is 0.00000300. The molecule has 0 spiro atoms. The van der Waals surface area contributed by atoms with Crippen LogP contribution in [0.15, 0.2) is 39.7 Å². The number of guanidine groups is 1. The minimum Gasteiger partial charge on any atom is -0.444 e. The SMILES string of the molecule is Cc1nc(CN2CCC(CNC(=NCc3ccccc3)N(C)C)CC2)oc1C.I. The third kappa shape index (κ3) is 7.29. The molecular formula is C22H34IN5O. The first-order chi connectivity index (χ1) is 13.5. The van der Waals surface area contributed by atoms with Gasteiger partial charge in [0.25, 0.3) is 0 Å². The van der Waals surface area contributed by atoms with Gasteiger partial charge in [-0.1, -0.05) is 30.3 Å². The number of rotatable bonds is 6. The van der Waals surface area contributed by atoms with Crippen molar-refractivity contribution in [3.05, 3.63) is 53.2 Å². The molecule has 1 fully saturated rings. The van der Waals surface area contributed by atoms with Gasteiger partial charge in [-0.25, -0.2) is 9.98 Å². The fourth-order valence-corrected chi connectivity index (χ4v) is 3.49. The molecule has 160 valence electrons. The number of halogens is 1. The Labute approximate surface area is 191 Å². The van der Waals surface area contributed by atoms with E-state index in [4.69, 9.17) is 9.41 Å². The minimum atomic E-state index is 0. The summed E-state index contributed by atoms with van der Waals surface area (Å²) >= 11 is 0. The molecule has 1 saturated heterocycles. The van der Waals surface area contributed by atoms with E-state index in [1.54, 1.807) is 0 Å². The van der Waals surface area contributed by atoms with Crippen molar-refractivity contribution in [2.75, 3.05) is 33.7 Å². The maximum Gasteiger partial charge on any atom is 0.208 e.